The smallest absolute Gasteiger partial charge is 0.330 e. The molecule has 2 aromatic carbocycles. The number of aromatic amines is 1. The van der Waals surface area contributed by atoms with Crippen molar-refractivity contribution in [2.24, 2.45) is 0 Å². The molecule has 0 aliphatic carbocycles. The molecular weight excluding hydrogens is 342 g/mol. The Morgan fingerprint density at radius 2 is 1.85 bits per heavy atom. The Bertz CT molecular complexity index is 1230. The van der Waals surface area contributed by atoms with Gasteiger partial charge in [-0.2, -0.15) is 0 Å². The first-order valence-electron chi connectivity index (χ1n) is 8.47. The number of hydrogen-bond acceptors (Lipinski definition) is 4. The van der Waals surface area contributed by atoms with Gasteiger partial charge in [0.05, 0.1) is 19.0 Å². The van der Waals surface area contributed by atoms with Crippen LogP contribution in [0.4, 0.5) is 0 Å². The van der Waals surface area contributed by atoms with E-state index in [0.29, 0.717) is 28.9 Å². The highest BCUT2D eigenvalue weighted by Crippen LogP contribution is 2.27. The Balaban J connectivity index is 1.97. The van der Waals surface area contributed by atoms with E-state index in [4.69, 9.17) is 4.74 Å². The van der Waals surface area contributed by atoms with E-state index in [1.54, 1.807) is 19.4 Å². The number of aromatic nitrogens is 3. The number of nitrogens with one attached hydrogen (secondary N) is 1. The molecule has 1 N–H and O–H groups in total. The Kier molecular flexibility index (Phi) is 4.30. The predicted octanol–water partition coefficient (Wildman–Crippen LogP) is 2.81. The van der Waals surface area contributed by atoms with Crippen LogP contribution in [0.2, 0.25) is 0 Å². The first-order chi connectivity index (χ1) is 13.2. The predicted molar refractivity (Wildman–Crippen MR) is 104 cm³/mol. The molecule has 6 nitrogen and oxygen atoms in total. The van der Waals surface area contributed by atoms with Gasteiger partial charge in [-0.25, -0.2) is 9.78 Å². The summed E-state index contributed by atoms with van der Waals surface area (Å²) in [4.78, 5) is 31.8. The minimum Gasteiger partial charge on any atom is -0.497 e. The minimum atomic E-state index is -0.480. The lowest BCUT2D eigenvalue weighted by Crippen LogP contribution is -2.31. The third-order valence-electron chi connectivity index (χ3n) is 4.44. The molecule has 6 heteroatoms. The minimum absolute atomic E-state index is 0.321. The van der Waals surface area contributed by atoms with Crippen molar-refractivity contribution in [1.29, 1.82) is 0 Å². The van der Waals surface area contributed by atoms with Crippen molar-refractivity contribution in [2.75, 3.05) is 7.11 Å². The molecule has 2 heterocycles. The van der Waals surface area contributed by atoms with Crippen molar-refractivity contribution < 1.29 is 4.74 Å². The Labute approximate surface area is 154 Å². The molecule has 27 heavy (non-hydrogen) atoms. The molecular formula is C21H17N3O3. The molecule has 0 unspecified atom stereocenters. The van der Waals surface area contributed by atoms with Crippen LogP contribution in [0.3, 0.4) is 0 Å². The van der Waals surface area contributed by atoms with Crippen molar-refractivity contribution in [3.8, 4) is 16.9 Å². The van der Waals surface area contributed by atoms with Gasteiger partial charge in [-0.1, -0.05) is 42.5 Å². The second-order valence-corrected chi connectivity index (χ2v) is 6.12. The van der Waals surface area contributed by atoms with Gasteiger partial charge in [0, 0.05) is 6.20 Å². The molecule has 0 amide bonds. The molecule has 0 saturated carbocycles. The second kappa shape index (κ2) is 6.92. The van der Waals surface area contributed by atoms with Crippen LogP contribution in [0.25, 0.3) is 22.2 Å². The van der Waals surface area contributed by atoms with E-state index in [-0.39, 0.29) is 0 Å². The lowest BCUT2D eigenvalue weighted by molar-refractivity contribution is 0.415. The summed E-state index contributed by atoms with van der Waals surface area (Å²) in [5.41, 5.74) is 1.88. The van der Waals surface area contributed by atoms with Crippen molar-refractivity contribution in [3.63, 3.8) is 0 Å². The third-order valence-corrected chi connectivity index (χ3v) is 4.44. The number of benzene rings is 2. The van der Waals surface area contributed by atoms with Crippen LogP contribution in [0.15, 0.2) is 76.4 Å². The summed E-state index contributed by atoms with van der Waals surface area (Å²) in [7, 11) is 1.59. The molecule has 0 radical (unpaired) electrons. The van der Waals surface area contributed by atoms with E-state index in [1.807, 2.05) is 54.6 Å². The van der Waals surface area contributed by atoms with Gasteiger partial charge in [-0.3, -0.25) is 14.3 Å². The fourth-order valence-electron chi connectivity index (χ4n) is 3.15. The van der Waals surface area contributed by atoms with Crippen LogP contribution in [0, 0.1) is 0 Å². The first-order valence-corrected chi connectivity index (χ1v) is 8.47. The fraction of sp³-hybridized carbons (Fsp3) is 0.0952. The Morgan fingerprint density at radius 3 is 2.63 bits per heavy atom. The van der Waals surface area contributed by atoms with Gasteiger partial charge in [0.25, 0.3) is 5.56 Å². The Morgan fingerprint density at radius 1 is 1.04 bits per heavy atom. The largest absolute Gasteiger partial charge is 0.497 e. The molecule has 0 aliphatic heterocycles. The molecule has 0 atom stereocenters. The average Bonchev–Trinajstić information content (AvgIpc) is 2.71. The van der Waals surface area contributed by atoms with Crippen LogP contribution in [0.5, 0.6) is 5.75 Å². The molecule has 134 valence electrons. The molecule has 0 bridgehead atoms. The highest BCUT2D eigenvalue weighted by molar-refractivity contribution is 5.92. The van der Waals surface area contributed by atoms with Gasteiger partial charge in [-0.15, -0.1) is 0 Å². The maximum atomic E-state index is 12.6. The van der Waals surface area contributed by atoms with Gasteiger partial charge in [0.2, 0.25) is 0 Å². The number of ether oxygens (including phenoxy) is 1. The highest BCUT2D eigenvalue weighted by Gasteiger charge is 2.14. The lowest BCUT2D eigenvalue weighted by Gasteiger charge is -2.12. The summed E-state index contributed by atoms with van der Waals surface area (Å²) in [5.74, 6) is 0.687. The van der Waals surface area contributed by atoms with Crippen LogP contribution in [-0.4, -0.2) is 21.6 Å². The standard InChI is InChI=1S/C21H17N3O3/c1-27-16-9-5-8-15(12-16)17-10-11-22-19-18(17)20(25)23-21(26)24(19)13-14-6-3-2-4-7-14/h2-12H,13H2,1H3,(H,23,25,26). The van der Waals surface area contributed by atoms with E-state index in [2.05, 4.69) is 9.97 Å². The van der Waals surface area contributed by atoms with Crippen molar-refractivity contribution in [2.45, 2.75) is 6.54 Å². The van der Waals surface area contributed by atoms with E-state index < -0.39 is 11.2 Å². The van der Waals surface area contributed by atoms with E-state index >= 15 is 0 Å². The summed E-state index contributed by atoms with van der Waals surface area (Å²) >= 11 is 0. The molecule has 0 spiro atoms. The van der Waals surface area contributed by atoms with Crippen LogP contribution in [0.1, 0.15) is 5.56 Å². The fourth-order valence-corrected chi connectivity index (χ4v) is 3.15. The van der Waals surface area contributed by atoms with Crippen molar-refractivity contribution >= 4 is 11.0 Å². The zero-order valence-electron chi connectivity index (χ0n) is 14.7. The molecule has 4 aromatic rings. The summed E-state index contributed by atoms with van der Waals surface area (Å²) in [6.45, 7) is 0.321. The lowest BCUT2D eigenvalue weighted by atomic mass is 10.0. The zero-order chi connectivity index (χ0) is 18.8. The maximum absolute atomic E-state index is 12.6. The topological polar surface area (TPSA) is 77.0 Å². The van der Waals surface area contributed by atoms with Gasteiger partial charge in [0.1, 0.15) is 11.4 Å². The molecule has 0 fully saturated rings. The van der Waals surface area contributed by atoms with Crippen LogP contribution < -0.4 is 16.0 Å². The molecule has 0 aliphatic rings. The second-order valence-electron chi connectivity index (χ2n) is 6.12. The molecule has 2 aromatic heterocycles. The van der Waals surface area contributed by atoms with Gasteiger partial charge in [-0.05, 0) is 34.9 Å². The van der Waals surface area contributed by atoms with E-state index in [9.17, 15) is 9.59 Å². The van der Waals surface area contributed by atoms with Gasteiger partial charge in [0.15, 0.2) is 0 Å². The number of hydrogen-bond donors (Lipinski definition) is 1. The number of methoxy groups -OCH3 is 1. The van der Waals surface area contributed by atoms with Gasteiger partial charge >= 0.3 is 5.69 Å². The third kappa shape index (κ3) is 3.13. The van der Waals surface area contributed by atoms with Crippen molar-refractivity contribution in [3.05, 3.63) is 93.3 Å². The summed E-state index contributed by atoms with van der Waals surface area (Å²) in [6, 6.07) is 18.8. The first kappa shape index (κ1) is 16.8. The average molecular weight is 359 g/mol. The quantitative estimate of drug-likeness (QED) is 0.608. The normalized spacial score (nSPS) is 10.9. The monoisotopic (exact) mass is 359 g/mol. The highest BCUT2D eigenvalue weighted by atomic mass is 16.5. The number of H-pyrrole nitrogens is 1. The van der Waals surface area contributed by atoms with E-state index in [0.717, 1.165) is 11.1 Å². The Hall–Kier alpha value is -3.67. The SMILES string of the molecule is COc1cccc(-c2ccnc3c2c(=O)[nH]c(=O)n3Cc2ccccc2)c1. The van der Waals surface area contributed by atoms with Crippen LogP contribution in [-0.2, 0) is 6.54 Å². The molecule has 0 saturated heterocycles. The number of nitrogens with zero attached hydrogens (tertiary/aromatic N) is 2. The van der Waals surface area contributed by atoms with E-state index in [1.165, 1.54) is 4.57 Å². The van der Waals surface area contributed by atoms with Gasteiger partial charge < -0.3 is 4.74 Å². The van der Waals surface area contributed by atoms with Crippen molar-refractivity contribution in [1.82, 2.24) is 14.5 Å². The number of fused-ring (bicyclic) bond motifs is 1. The van der Waals surface area contributed by atoms with Crippen LogP contribution >= 0.6 is 0 Å². The number of pyridine rings is 1. The summed E-state index contributed by atoms with van der Waals surface area (Å²) < 4.78 is 6.77. The summed E-state index contributed by atoms with van der Waals surface area (Å²) in [6.07, 6.45) is 1.61. The molecule has 4 rings (SSSR count). The number of rotatable bonds is 4. The summed E-state index contributed by atoms with van der Waals surface area (Å²) in [5, 5.41) is 0.376. The zero-order valence-corrected chi connectivity index (χ0v) is 14.7. The maximum Gasteiger partial charge on any atom is 0.330 e.